The second kappa shape index (κ2) is 10.6. The van der Waals surface area contributed by atoms with Crippen LogP contribution in [0.3, 0.4) is 0 Å². The molecule has 9 heteroatoms. The largest absolute Gasteiger partial charge is 0.492 e. The molecule has 5 nitrogen and oxygen atoms in total. The number of carbonyl (C=O) groups excluding carboxylic acids is 2. The monoisotopic (exact) mass is 448 g/mol. The van der Waals surface area contributed by atoms with Crippen LogP contribution >= 0.6 is 46.4 Å². The molecule has 0 fully saturated rings. The average Bonchev–Trinajstić information content (AvgIpc) is 2.61. The molecule has 0 unspecified atom stereocenters. The average molecular weight is 450 g/mol. The summed E-state index contributed by atoms with van der Waals surface area (Å²) < 4.78 is 5.52. The molecule has 0 radical (unpaired) electrons. The second-order valence-corrected chi connectivity index (χ2v) is 7.12. The van der Waals surface area contributed by atoms with Crippen molar-refractivity contribution in [3.05, 3.63) is 62.1 Å². The van der Waals surface area contributed by atoms with Crippen molar-refractivity contribution in [2.24, 2.45) is 0 Å². The van der Waals surface area contributed by atoms with E-state index in [1.807, 2.05) is 0 Å². The molecule has 0 atom stereocenters. The van der Waals surface area contributed by atoms with E-state index in [1.54, 1.807) is 24.3 Å². The van der Waals surface area contributed by atoms with Gasteiger partial charge in [0, 0.05) is 16.6 Å². The summed E-state index contributed by atoms with van der Waals surface area (Å²) in [4.78, 5) is 23.8. The number of amides is 2. The molecule has 0 spiro atoms. The summed E-state index contributed by atoms with van der Waals surface area (Å²) in [5.41, 5.74) is 0.252. The number of hydrogen-bond donors (Lipinski definition) is 2. The van der Waals surface area contributed by atoms with Gasteiger partial charge in [-0.25, -0.2) is 0 Å². The first-order valence-corrected chi connectivity index (χ1v) is 9.46. The van der Waals surface area contributed by atoms with E-state index in [-0.39, 0.29) is 23.0 Å². The highest BCUT2D eigenvalue weighted by atomic mass is 35.5. The molecule has 0 aliphatic carbocycles. The Hall–Kier alpha value is -1.66. The Morgan fingerprint density at radius 2 is 1.56 bits per heavy atom. The van der Waals surface area contributed by atoms with Crippen LogP contribution in [0.15, 0.2) is 36.4 Å². The molecule has 2 aromatic carbocycles. The van der Waals surface area contributed by atoms with Crippen LogP contribution in [-0.4, -0.2) is 31.5 Å². The molecule has 2 amide bonds. The Balaban J connectivity index is 1.65. The summed E-state index contributed by atoms with van der Waals surface area (Å²) >= 11 is 23.5. The number of hydrogen-bond acceptors (Lipinski definition) is 3. The minimum atomic E-state index is -0.451. The lowest BCUT2D eigenvalue weighted by molar-refractivity contribution is -0.120. The minimum absolute atomic E-state index is 0.165. The summed E-state index contributed by atoms with van der Waals surface area (Å²) in [5, 5.41) is 6.78. The number of nitrogens with one attached hydrogen (secondary N) is 2. The molecule has 2 rings (SSSR count). The highest BCUT2D eigenvalue weighted by Gasteiger charge is 2.12. The molecule has 0 heterocycles. The number of benzene rings is 2. The summed E-state index contributed by atoms with van der Waals surface area (Å²) in [6.07, 6.45) is 0.571. The molecular weight excluding hydrogens is 434 g/mol. The lowest BCUT2D eigenvalue weighted by Gasteiger charge is -2.10. The van der Waals surface area contributed by atoms with Crippen LogP contribution in [0, 0.1) is 0 Å². The number of rotatable bonds is 8. The zero-order valence-corrected chi connectivity index (χ0v) is 17.1. The third-order valence-electron chi connectivity index (χ3n) is 3.38. The lowest BCUT2D eigenvalue weighted by atomic mass is 10.2. The van der Waals surface area contributed by atoms with Crippen molar-refractivity contribution in [3.8, 4) is 5.75 Å². The number of halogens is 4. The third-order valence-corrected chi connectivity index (χ3v) is 4.46. The predicted octanol–water partition coefficient (Wildman–Crippen LogP) is 4.62. The Morgan fingerprint density at radius 3 is 2.22 bits per heavy atom. The smallest absolute Gasteiger partial charge is 0.253 e. The van der Waals surface area contributed by atoms with Gasteiger partial charge >= 0.3 is 0 Å². The van der Waals surface area contributed by atoms with E-state index < -0.39 is 5.91 Å². The van der Waals surface area contributed by atoms with E-state index in [1.165, 1.54) is 12.1 Å². The van der Waals surface area contributed by atoms with E-state index in [0.717, 1.165) is 0 Å². The Kier molecular flexibility index (Phi) is 8.51. The summed E-state index contributed by atoms with van der Waals surface area (Å²) in [6, 6.07) is 9.47. The lowest BCUT2D eigenvalue weighted by Crippen LogP contribution is -2.37. The van der Waals surface area contributed by atoms with Gasteiger partial charge in [0.05, 0.1) is 28.8 Å². The van der Waals surface area contributed by atoms with E-state index in [0.29, 0.717) is 40.4 Å². The first-order valence-electron chi connectivity index (χ1n) is 7.94. The van der Waals surface area contributed by atoms with Gasteiger partial charge < -0.3 is 15.4 Å². The van der Waals surface area contributed by atoms with Gasteiger partial charge in [0.2, 0.25) is 5.91 Å². The SMILES string of the molecule is O=C(CNC(=O)c1ccc(Cl)cc1Cl)NCCCOc1ccc(Cl)cc1Cl. The van der Waals surface area contributed by atoms with Gasteiger partial charge in [-0.05, 0) is 42.8 Å². The Labute approximate surface area is 176 Å². The molecule has 144 valence electrons. The van der Waals surface area contributed by atoms with E-state index in [4.69, 9.17) is 51.1 Å². The van der Waals surface area contributed by atoms with E-state index in [2.05, 4.69) is 10.6 Å². The molecule has 0 saturated heterocycles. The molecule has 0 aliphatic heterocycles. The fourth-order valence-electron chi connectivity index (χ4n) is 2.07. The fourth-order valence-corrected chi connectivity index (χ4v) is 3.02. The Morgan fingerprint density at radius 1 is 0.889 bits per heavy atom. The number of ether oxygens (including phenoxy) is 1. The van der Waals surface area contributed by atoms with Gasteiger partial charge in [-0.2, -0.15) is 0 Å². The van der Waals surface area contributed by atoms with Gasteiger partial charge in [0.1, 0.15) is 5.75 Å². The maximum Gasteiger partial charge on any atom is 0.253 e. The fraction of sp³-hybridized carbons (Fsp3) is 0.222. The molecule has 0 saturated carbocycles. The molecule has 2 N–H and O–H groups in total. The molecule has 0 bridgehead atoms. The summed E-state index contributed by atoms with van der Waals surface area (Å²) in [6.45, 7) is 0.595. The van der Waals surface area contributed by atoms with Crippen molar-refractivity contribution in [3.63, 3.8) is 0 Å². The zero-order chi connectivity index (χ0) is 19.8. The number of carbonyl (C=O) groups is 2. The third kappa shape index (κ3) is 7.11. The van der Waals surface area contributed by atoms with Gasteiger partial charge in [-0.1, -0.05) is 46.4 Å². The van der Waals surface area contributed by atoms with Crippen molar-refractivity contribution in [1.82, 2.24) is 10.6 Å². The molecular formula is C18H16Cl4N2O3. The van der Waals surface area contributed by atoms with Crippen LogP contribution in [0.25, 0.3) is 0 Å². The summed E-state index contributed by atoms with van der Waals surface area (Å²) in [5.74, 6) is -0.245. The highest BCUT2D eigenvalue weighted by Crippen LogP contribution is 2.27. The predicted molar refractivity (Wildman–Crippen MR) is 108 cm³/mol. The van der Waals surface area contributed by atoms with Crippen molar-refractivity contribution in [2.45, 2.75) is 6.42 Å². The first-order chi connectivity index (χ1) is 12.9. The van der Waals surface area contributed by atoms with Crippen LogP contribution in [0.5, 0.6) is 5.75 Å². The maximum atomic E-state index is 12.0. The van der Waals surface area contributed by atoms with Crippen LogP contribution in [0.4, 0.5) is 0 Å². The van der Waals surface area contributed by atoms with Gasteiger partial charge in [0.25, 0.3) is 5.91 Å². The van der Waals surface area contributed by atoms with Crippen LogP contribution in [0.1, 0.15) is 16.8 Å². The standard InChI is InChI=1S/C18H16Cl4N2O3/c19-11-2-4-13(14(21)8-11)18(26)24-10-17(25)23-6-1-7-27-16-5-3-12(20)9-15(16)22/h2-5,8-9H,1,6-7,10H2,(H,23,25)(H,24,26). The minimum Gasteiger partial charge on any atom is -0.492 e. The molecule has 27 heavy (non-hydrogen) atoms. The Bertz CT molecular complexity index is 830. The van der Waals surface area contributed by atoms with Gasteiger partial charge in [-0.15, -0.1) is 0 Å². The van der Waals surface area contributed by atoms with Gasteiger partial charge in [-0.3, -0.25) is 9.59 Å². The van der Waals surface area contributed by atoms with E-state index in [9.17, 15) is 9.59 Å². The molecule has 2 aromatic rings. The van der Waals surface area contributed by atoms with Crippen molar-refractivity contribution < 1.29 is 14.3 Å². The van der Waals surface area contributed by atoms with Crippen LogP contribution in [-0.2, 0) is 4.79 Å². The quantitative estimate of drug-likeness (QED) is 0.578. The highest BCUT2D eigenvalue weighted by molar-refractivity contribution is 6.37. The molecule has 0 aliphatic rings. The van der Waals surface area contributed by atoms with Crippen molar-refractivity contribution in [1.29, 1.82) is 0 Å². The zero-order valence-electron chi connectivity index (χ0n) is 14.0. The molecule has 0 aromatic heterocycles. The van der Waals surface area contributed by atoms with Crippen LogP contribution in [0.2, 0.25) is 20.1 Å². The second-order valence-electron chi connectivity index (χ2n) is 5.43. The maximum absolute atomic E-state index is 12.0. The van der Waals surface area contributed by atoms with Crippen molar-refractivity contribution in [2.75, 3.05) is 19.7 Å². The van der Waals surface area contributed by atoms with E-state index >= 15 is 0 Å². The summed E-state index contributed by atoms with van der Waals surface area (Å²) in [7, 11) is 0. The van der Waals surface area contributed by atoms with Crippen molar-refractivity contribution >= 4 is 58.2 Å². The van der Waals surface area contributed by atoms with Crippen LogP contribution < -0.4 is 15.4 Å². The first kappa shape index (κ1) is 21.6. The normalized spacial score (nSPS) is 10.4. The van der Waals surface area contributed by atoms with Gasteiger partial charge in [0.15, 0.2) is 0 Å². The topological polar surface area (TPSA) is 67.4 Å².